The number of carboxylic acids is 1. The van der Waals surface area contributed by atoms with Crippen molar-refractivity contribution in [2.45, 2.75) is 44.1 Å². The van der Waals surface area contributed by atoms with Crippen molar-refractivity contribution in [3.8, 4) is 0 Å². The Bertz CT molecular complexity index is 574. The van der Waals surface area contributed by atoms with Crippen LogP contribution in [-0.2, 0) is 15.1 Å². The number of rotatable bonds is 5. The zero-order valence-corrected chi connectivity index (χ0v) is 12.4. The van der Waals surface area contributed by atoms with Gasteiger partial charge in [-0.25, -0.2) is 0 Å². The average molecular weight is 308 g/mol. The Balaban J connectivity index is 1.67. The molecule has 3 rings (SSSR count). The number of nitrogens with one attached hydrogen (secondary N) is 1. The van der Waals surface area contributed by atoms with Gasteiger partial charge in [-0.15, -0.1) is 0 Å². The normalized spacial score (nSPS) is 21.2. The standard InChI is InChI=1S/C16H18ClNO3/c17-12-4-2-11(3-5-12)16(8-9-16)18-13(19)10-15(14(20)21)6-1-7-15/h2-5H,1,6-10H2,(H,18,19)(H,20,21). The molecule has 1 amide bonds. The van der Waals surface area contributed by atoms with Crippen LogP contribution >= 0.6 is 11.6 Å². The summed E-state index contributed by atoms with van der Waals surface area (Å²) in [4.78, 5) is 23.6. The molecular formula is C16H18ClNO3. The predicted molar refractivity (Wildman–Crippen MR) is 79.0 cm³/mol. The third-order valence-electron chi connectivity index (χ3n) is 4.79. The molecule has 4 nitrogen and oxygen atoms in total. The van der Waals surface area contributed by atoms with Gasteiger partial charge in [0.05, 0.1) is 11.0 Å². The Labute approximate surface area is 128 Å². The smallest absolute Gasteiger partial charge is 0.310 e. The second-order valence-corrected chi connectivity index (χ2v) is 6.69. The summed E-state index contributed by atoms with van der Waals surface area (Å²) < 4.78 is 0. The minimum atomic E-state index is -0.847. The SMILES string of the molecule is O=C(CC1(C(=O)O)CCC1)NC1(c2ccc(Cl)cc2)CC1. The maximum atomic E-state index is 12.3. The van der Waals surface area contributed by atoms with E-state index in [2.05, 4.69) is 5.32 Å². The summed E-state index contributed by atoms with van der Waals surface area (Å²) in [5, 5.41) is 13.0. The molecule has 1 aromatic rings. The van der Waals surface area contributed by atoms with Crippen LogP contribution in [0, 0.1) is 5.41 Å². The molecule has 21 heavy (non-hydrogen) atoms. The molecule has 2 aliphatic rings. The van der Waals surface area contributed by atoms with Crippen molar-refractivity contribution >= 4 is 23.5 Å². The molecular weight excluding hydrogens is 290 g/mol. The van der Waals surface area contributed by atoms with Gasteiger partial charge in [-0.05, 0) is 43.4 Å². The molecule has 112 valence electrons. The number of aliphatic carboxylic acids is 1. The van der Waals surface area contributed by atoms with Crippen LogP contribution in [0.2, 0.25) is 5.02 Å². The maximum Gasteiger partial charge on any atom is 0.310 e. The zero-order chi connectivity index (χ0) is 15.1. The number of amides is 1. The van der Waals surface area contributed by atoms with E-state index in [4.69, 9.17) is 11.6 Å². The summed E-state index contributed by atoms with van der Waals surface area (Å²) in [6, 6.07) is 7.47. The number of hydrogen-bond acceptors (Lipinski definition) is 2. The third-order valence-corrected chi connectivity index (χ3v) is 5.04. The van der Waals surface area contributed by atoms with Crippen molar-refractivity contribution in [2.24, 2.45) is 5.41 Å². The molecule has 0 spiro atoms. The number of carbonyl (C=O) groups excluding carboxylic acids is 1. The van der Waals surface area contributed by atoms with Gasteiger partial charge in [-0.3, -0.25) is 9.59 Å². The molecule has 5 heteroatoms. The van der Waals surface area contributed by atoms with Crippen LogP contribution < -0.4 is 5.32 Å². The van der Waals surface area contributed by atoms with Crippen molar-refractivity contribution in [1.29, 1.82) is 0 Å². The fourth-order valence-electron chi connectivity index (χ4n) is 3.07. The van der Waals surface area contributed by atoms with E-state index in [1.807, 2.05) is 24.3 Å². The molecule has 0 atom stereocenters. The molecule has 1 aromatic carbocycles. The molecule has 2 fully saturated rings. The fraction of sp³-hybridized carbons (Fsp3) is 0.500. The number of halogens is 1. The molecule has 0 bridgehead atoms. The van der Waals surface area contributed by atoms with Crippen LogP contribution in [0.5, 0.6) is 0 Å². The van der Waals surface area contributed by atoms with E-state index in [1.165, 1.54) is 0 Å². The van der Waals surface area contributed by atoms with Crippen LogP contribution in [0.3, 0.4) is 0 Å². The van der Waals surface area contributed by atoms with E-state index in [1.54, 1.807) is 0 Å². The lowest BCUT2D eigenvalue weighted by atomic mass is 9.66. The second kappa shape index (κ2) is 5.02. The molecule has 2 N–H and O–H groups in total. The molecule has 0 radical (unpaired) electrons. The third kappa shape index (κ3) is 2.64. The first-order valence-corrected chi connectivity index (χ1v) is 7.64. The highest BCUT2D eigenvalue weighted by molar-refractivity contribution is 6.30. The summed E-state index contributed by atoms with van der Waals surface area (Å²) in [6.45, 7) is 0. The lowest BCUT2D eigenvalue weighted by Gasteiger charge is -2.37. The van der Waals surface area contributed by atoms with Gasteiger partial charge in [0, 0.05) is 11.4 Å². The van der Waals surface area contributed by atoms with Crippen LogP contribution in [0.15, 0.2) is 24.3 Å². The molecule has 0 aliphatic heterocycles. The van der Waals surface area contributed by atoms with Gasteiger partial charge in [0.1, 0.15) is 0 Å². The van der Waals surface area contributed by atoms with Crippen LogP contribution in [0.4, 0.5) is 0 Å². The van der Waals surface area contributed by atoms with Crippen molar-refractivity contribution in [1.82, 2.24) is 5.32 Å². The molecule has 0 unspecified atom stereocenters. The maximum absolute atomic E-state index is 12.3. The average Bonchev–Trinajstić information content (AvgIpc) is 3.15. The van der Waals surface area contributed by atoms with Gasteiger partial charge in [0.2, 0.25) is 5.91 Å². The fourth-order valence-corrected chi connectivity index (χ4v) is 3.19. The Morgan fingerprint density at radius 3 is 2.19 bits per heavy atom. The van der Waals surface area contributed by atoms with Crippen LogP contribution in [0.25, 0.3) is 0 Å². The quantitative estimate of drug-likeness (QED) is 0.878. The minimum Gasteiger partial charge on any atom is -0.481 e. The van der Waals surface area contributed by atoms with E-state index in [0.29, 0.717) is 17.9 Å². The minimum absolute atomic E-state index is 0.0810. The number of hydrogen-bond donors (Lipinski definition) is 2. The highest BCUT2D eigenvalue weighted by Gasteiger charge is 2.49. The first kappa shape index (κ1) is 14.4. The van der Waals surface area contributed by atoms with Crippen LogP contribution in [-0.4, -0.2) is 17.0 Å². The monoisotopic (exact) mass is 307 g/mol. The topological polar surface area (TPSA) is 66.4 Å². The van der Waals surface area contributed by atoms with Gasteiger partial charge >= 0.3 is 5.97 Å². The number of carboxylic acid groups (broad SMARTS) is 1. The lowest BCUT2D eigenvalue weighted by molar-refractivity contribution is -0.157. The summed E-state index contributed by atoms with van der Waals surface area (Å²) in [5.41, 5.74) is -0.108. The molecule has 0 aromatic heterocycles. The second-order valence-electron chi connectivity index (χ2n) is 6.25. The first-order valence-electron chi connectivity index (χ1n) is 7.26. The Kier molecular flexibility index (Phi) is 3.44. The van der Waals surface area contributed by atoms with E-state index in [9.17, 15) is 14.7 Å². The van der Waals surface area contributed by atoms with Crippen LogP contribution in [0.1, 0.15) is 44.1 Å². The Hall–Kier alpha value is -1.55. The van der Waals surface area contributed by atoms with Crippen molar-refractivity contribution in [3.05, 3.63) is 34.9 Å². The van der Waals surface area contributed by atoms with E-state index in [0.717, 1.165) is 24.8 Å². The molecule has 2 saturated carbocycles. The highest BCUT2D eigenvalue weighted by atomic mass is 35.5. The highest BCUT2D eigenvalue weighted by Crippen LogP contribution is 2.48. The Morgan fingerprint density at radius 2 is 1.76 bits per heavy atom. The largest absolute Gasteiger partial charge is 0.481 e. The van der Waals surface area contributed by atoms with Gasteiger partial charge in [0.15, 0.2) is 0 Å². The van der Waals surface area contributed by atoms with Gasteiger partial charge in [-0.1, -0.05) is 30.2 Å². The van der Waals surface area contributed by atoms with E-state index in [-0.39, 0.29) is 17.9 Å². The predicted octanol–water partition coefficient (Wildman–Crippen LogP) is 3.09. The Morgan fingerprint density at radius 1 is 1.14 bits per heavy atom. The van der Waals surface area contributed by atoms with Crippen molar-refractivity contribution in [2.75, 3.05) is 0 Å². The van der Waals surface area contributed by atoms with E-state index < -0.39 is 11.4 Å². The number of carbonyl (C=O) groups is 2. The summed E-state index contributed by atoms with van der Waals surface area (Å²) in [7, 11) is 0. The summed E-state index contributed by atoms with van der Waals surface area (Å²) in [6.07, 6.45) is 3.95. The summed E-state index contributed by atoms with van der Waals surface area (Å²) in [5.74, 6) is -1.01. The van der Waals surface area contributed by atoms with Crippen molar-refractivity contribution < 1.29 is 14.7 Å². The molecule has 2 aliphatic carbocycles. The summed E-state index contributed by atoms with van der Waals surface area (Å²) >= 11 is 5.88. The van der Waals surface area contributed by atoms with Gasteiger partial charge in [0.25, 0.3) is 0 Å². The first-order chi connectivity index (χ1) is 9.96. The van der Waals surface area contributed by atoms with Crippen molar-refractivity contribution in [3.63, 3.8) is 0 Å². The van der Waals surface area contributed by atoms with Gasteiger partial charge < -0.3 is 10.4 Å². The molecule has 0 heterocycles. The van der Waals surface area contributed by atoms with E-state index >= 15 is 0 Å². The van der Waals surface area contributed by atoms with Gasteiger partial charge in [-0.2, -0.15) is 0 Å². The number of benzene rings is 1. The molecule has 0 saturated heterocycles. The zero-order valence-electron chi connectivity index (χ0n) is 11.7. The lowest BCUT2D eigenvalue weighted by Crippen LogP contribution is -2.44.